The van der Waals surface area contributed by atoms with Crippen molar-refractivity contribution < 1.29 is 0 Å². The molecule has 1 aliphatic rings. The normalized spacial score (nSPS) is 15.1. The summed E-state index contributed by atoms with van der Waals surface area (Å²) in [6, 6.07) is 6.15. The van der Waals surface area contributed by atoms with Gasteiger partial charge in [0.15, 0.2) is 0 Å². The molecule has 0 bridgehead atoms. The van der Waals surface area contributed by atoms with E-state index in [1.165, 1.54) is 18.5 Å². The highest BCUT2D eigenvalue weighted by atomic mass is 32.1. The second kappa shape index (κ2) is 3.85. The first-order valence-electron chi connectivity index (χ1n) is 6.07. The number of aromatic nitrogens is 3. The predicted octanol–water partition coefficient (Wildman–Crippen LogP) is 3.63. The number of thiazole rings is 1. The Kier molecular flexibility index (Phi) is 2.17. The Morgan fingerprint density at radius 2 is 1.89 bits per heavy atom. The van der Waals surface area contributed by atoms with E-state index in [0.717, 1.165) is 27.5 Å². The molecular weight excluding hydrogens is 242 g/mol. The largest absolute Gasteiger partial charge is 0.253 e. The Morgan fingerprint density at radius 1 is 1.06 bits per heavy atom. The van der Waals surface area contributed by atoms with E-state index in [9.17, 15) is 0 Å². The minimum absolute atomic E-state index is 0.718. The summed E-state index contributed by atoms with van der Waals surface area (Å²) in [7, 11) is 0. The summed E-state index contributed by atoms with van der Waals surface area (Å²) in [5.74, 6) is 0.718. The summed E-state index contributed by atoms with van der Waals surface area (Å²) < 4.78 is 0. The van der Waals surface area contributed by atoms with Gasteiger partial charge in [-0.1, -0.05) is 0 Å². The van der Waals surface area contributed by atoms with Gasteiger partial charge in [-0.3, -0.25) is 9.97 Å². The number of rotatable bonds is 2. The zero-order valence-corrected chi connectivity index (χ0v) is 10.5. The van der Waals surface area contributed by atoms with Gasteiger partial charge in [0, 0.05) is 29.3 Å². The average Bonchev–Trinajstić information content (AvgIpc) is 3.16. The molecule has 1 saturated carbocycles. The standard InChI is InChI=1S/C14H11N3S/c1-2-9(1)13-8-18-14(17-13)10-3-4-11-12(7-10)16-6-5-15-11/h3-9H,1-2H2. The van der Waals surface area contributed by atoms with E-state index in [4.69, 9.17) is 4.98 Å². The van der Waals surface area contributed by atoms with Gasteiger partial charge in [0.2, 0.25) is 0 Å². The Labute approximate surface area is 109 Å². The minimum atomic E-state index is 0.718. The monoisotopic (exact) mass is 253 g/mol. The van der Waals surface area contributed by atoms with Gasteiger partial charge in [-0.05, 0) is 31.0 Å². The molecule has 0 atom stereocenters. The molecule has 88 valence electrons. The van der Waals surface area contributed by atoms with E-state index in [0.29, 0.717) is 0 Å². The van der Waals surface area contributed by atoms with Crippen LogP contribution in [0, 0.1) is 0 Å². The van der Waals surface area contributed by atoms with E-state index in [1.54, 1.807) is 23.7 Å². The summed E-state index contributed by atoms with van der Waals surface area (Å²) in [5.41, 5.74) is 4.26. The van der Waals surface area contributed by atoms with Gasteiger partial charge in [0.1, 0.15) is 5.01 Å². The van der Waals surface area contributed by atoms with Crippen LogP contribution in [-0.2, 0) is 0 Å². The van der Waals surface area contributed by atoms with Gasteiger partial charge in [0.25, 0.3) is 0 Å². The third-order valence-electron chi connectivity index (χ3n) is 3.23. The Bertz CT molecular complexity index is 716. The van der Waals surface area contributed by atoms with Gasteiger partial charge in [-0.15, -0.1) is 11.3 Å². The lowest BCUT2D eigenvalue weighted by molar-refractivity contribution is 1.05. The number of nitrogens with zero attached hydrogens (tertiary/aromatic N) is 3. The molecule has 0 aliphatic heterocycles. The number of hydrogen-bond donors (Lipinski definition) is 0. The second-order valence-electron chi connectivity index (χ2n) is 4.61. The fourth-order valence-corrected chi connectivity index (χ4v) is 2.98. The fourth-order valence-electron chi connectivity index (χ4n) is 2.08. The highest BCUT2D eigenvalue weighted by molar-refractivity contribution is 7.13. The van der Waals surface area contributed by atoms with Crippen molar-refractivity contribution in [3.63, 3.8) is 0 Å². The van der Waals surface area contributed by atoms with Gasteiger partial charge in [-0.2, -0.15) is 0 Å². The summed E-state index contributed by atoms with van der Waals surface area (Å²) in [5, 5.41) is 3.28. The van der Waals surface area contributed by atoms with Crippen LogP contribution in [0.3, 0.4) is 0 Å². The fraction of sp³-hybridized carbons (Fsp3) is 0.214. The lowest BCUT2D eigenvalue weighted by Crippen LogP contribution is -1.84. The van der Waals surface area contributed by atoms with Gasteiger partial charge >= 0.3 is 0 Å². The molecule has 0 radical (unpaired) electrons. The van der Waals surface area contributed by atoms with Crippen LogP contribution in [0.25, 0.3) is 21.6 Å². The molecule has 1 aliphatic carbocycles. The van der Waals surface area contributed by atoms with Crippen molar-refractivity contribution in [2.24, 2.45) is 0 Å². The zero-order chi connectivity index (χ0) is 11.9. The molecule has 4 heteroatoms. The highest BCUT2D eigenvalue weighted by Crippen LogP contribution is 2.41. The molecule has 1 aromatic carbocycles. The van der Waals surface area contributed by atoms with Crippen LogP contribution >= 0.6 is 11.3 Å². The first kappa shape index (κ1) is 10.1. The van der Waals surface area contributed by atoms with Gasteiger partial charge in [-0.25, -0.2) is 4.98 Å². The average molecular weight is 253 g/mol. The summed E-state index contributed by atoms with van der Waals surface area (Å²) in [6.45, 7) is 0. The molecule has 0 saturated heterocycles. The van der Waals surface area contributed by atoms with Crippen LogP contribution in [-0.4, -0.2) is 15.0 Å². The van der Waals surface area contributed by atoms with Crippen molar-refractivity contribution in [3.05, 3.63) is 41.7 Å². The number of benzene rings is 1. The molecule has 0 spiro atoms. The lowest BCUT2D eigenvalue weighted by atomic mass is 10.2. The molecule has 0 unspecified atom stereocenters. The SMILES string of the molecule is c1cnc2cc(-c3nc(C4CC4)cs3)ccc2n1. The summed E-state index contributed by atoms with van der Waals surface area (Å²) >= 11 is 1.72. The Balaban J connectivity index is 1.80. The van der Waals surface area contributed by atoms with Crippen molar-refractivity contribution in [1.82, 2.24) is 15.0 Å². The Morgan fingerprint density at radius 3 is 2.72 bits per heavy atom. The molecule has 1 fully saturated rings. The van der Waals surface area contributed by atoms with Crippen molar-refractivity contribution >= 4 is 22.4 Å². The third kappa shape index (κ3) is 1.69. The number of hydrogen-bond acceptors (Lipinski definition) is 4. The van der Waals surface area contributed by atoms with E-state index < -0.39 is 0 Å². The van der Waals surface area contributed by atoms with Crippen LogP contribution in [0.1, 0.15) is 24.5 Å². The molecule has 4 rings (SSSR count). The topological polar surface area (TPSA) is 38.7 Å². The zero-order valence-electron chi connectivity index (χ0n) is 9.71. The molecule has 3 aromatic rings. The van der Waals surface area contributed by atoms with Crippen LogP contribution in [0.15, 0.2) is 36.0 Å². The van der Waals surface area contributed by atoms with E-state index in [1.807, 2.05) is 6.07 Å². The predicted molar refractivity (Wildman–Crippen MR) is 72.6 cm³/mol. The van der Waals surface area contributed by atoms with Crippen molar-refractivity contribution in [1.29, 1.82) is 0 Å². The van der Waals surface area contributed by atoms with E-state index in [2.05, 4.69) is 27.5 Å². The van der Waals surface area contributed by atoms with Crippen LogP contribution < -0.4 is 0 Å². The summed E-state index contributed by atoms with van der Waals surface area (Å²) in [6.07, 6.45) is 6.04. The molecule has 2 aromatic heterocycles. The molecule has 2 heterocycles. The van der Waals surface area contributed by atoms with E-state index in [-0.39, 0.29) is 0 Å². The number of fused-ring (bicyclic) bond motifs is 1. The maximum Gasteiger partial charge on any atom is 0.123 e. The van der Waals surface area contributed by atoms with Crippen molar-refractivity contribution in [2.75, 3.05) is 0 Å². The van der Waals surface area contributed by atoms with Gasteiger partial charge in [0.05, 0.1) is 16.7 Å². The van der Waals surface area contributed by atoms with Crippen LogP contribution in [0.5, 0.6) is 0 Å². The van der Waals surface area contributed by atoms with Gasteiger partial charge < -0.3 is 0 Å². The van der Waals surface area contributed by atoms with E-state index >= 15 is 0 Å². The molecule has 3 nitrogen and oxygen atoms in total. The first-order chi connectivity index (χ1) is 8.90. The second-order valence-corrected chi connectivity index (χ2v) is 5.47. The maximum absolute atomic E-state index is 4.72. The molecular formula is C14H11N3S. The lowest BCUT2D eigenvalue weighted by Gasteiger charge is -1.99. The quantitative estimate of drug-likeness (QED) is 0.700. The van der Waals surface area contributed by atoms with Crippen LogP contribution in [0.2, 0.25) is 0 Å². The van der Waals surface area contributed by atoms with Crippen LogP contribution in [0.4, 0.5) is 0 Å². The molecule has 0 N–H and O–H groups in total. The van der Waals surface area contributed by atoms with Crippen molar-refractivity contribution in [2.45, 2.75) is 18.8 Å². The maximum atomic E-state index is 4.72. The summed E-state index contributed by atoms with van der Waals surface area (Å²) in [4.78, 5) is 13.3. The van der Waals surface area contributed by atoms with Crippen molar-refractivity contribution in [3.8, 4) is 10.6 Å². The Hall–Kier alpha value is -1.81. The third-order valence-corrected chi connectivity index (χ3v) is 4.14. The molecule has 18 heavy (non-hydrogen) atoms. The molecule has 0 amide bonds. The minimum Gasteiger partial charge on any atom is -0.253 e. The highest BCUT2D eigenvalue weighted by Gasteiger charge is 2.26. The smallest absolute Gasteiger partial charge is 0.123 e. The first-order valence-corrected chi connectivity index (χ1v) is 6.95.